The third-order valence-corrected chi connectivity index (χ3v) is 6.71. The van der Waals surface area contributed by atoms with Crippen LogP contribution < -0.4 is 0 Å². The molecule has 1 amide bonds. The summed E-state index contributed by atoms with van der Waals surface area (Å²) in [4.78, 5) is 19.8. The first-order valence-electron chi connectivity index (χ1n) is 12.3. The van der Waals surface area contributed by atoms with Crippen molar-refractivity contribution in [1.82, 2.24) is 9.88 Å². The second-order valence-electron chi connectivity index (χ2n) is 9.17. The minimum absolute atomic E-state index is 0.0241. The van der Waals surface area contributed by atoms with Gasteiger partial charge in [-0.1, -0.05) is 38.0 Å². The Hall–Kier alpha value is -3.54. The van der Waals surface area contributed by atoms with Gasteiger partial charge in [-0.2, -0.15) is 0 Å². The number of oxazole rings is 1. The van der Waals surface area contributed by atoms with Gasteiger partial charge in [0.05, 0.1) is 0 Å². The summed E-state index contributed by atoms with van der Waals surface area (Å²) in [5.74, 6) is -0.784. The van der Waals surface area contributed by atoms with E-state index in [4.69, 9.17) is 4.42 Å². The van der Waals surface area contributed by atoms with Crippen molar-refractivity contribution in [3.8, 4) is 11.1 Å². The summed E-state index contributed by atoms with van der Waals surface area (Å²) >= 11 is 0. The Balaban J connectivity index is 1.36. The van der Waals surface area contributed by atoms with E-state index in [1.807, 2.05) is 29.2 Å². The Morgan fingerprint density at radius 2 is 1.89 bits per heavy atom. The van der Waals surface area contributed by atoms with Gasteiger partial charge in [-0.25, -0.2) is 13.8 Å². The summed E-state index contributed by atoms with van der Waals surface area (Å²) in [6.45, 7) is 2.84. The summed E-state index contributed by atoms with van der Waals surface area (Å²) in [7, 11) is 0. The third kappa shape index (κ3) is 4.83. The number of amides is 1. The second-order valence-corrected chi connectivity index (χ2v) is 9.17. The SMILES string of the molecule is CCCCCc1ccc(C(=O)N2CCC[C@H]2c2nc3cc(-c4ccc(F)cc4F)ccc3o2)cc1. The Kier molecular flexibility index (Phi) is 6.62. The predicted molar refractivity (Wildman–Crippen MR) is 132 cm³/mol. The van der Waals surface area contributed by atoms with Crippen LogP contribution in [0.25, 0.3) is 22.2 Å². The molecule has 180 valence electrons. The van der Waals surface area contributed by atoms with Crippen molar-refractivity contribution in [3.05, 3.63) is 89.3 Å². The number of aryl methyl sites for hydroxylation is 1. The van der Waals surface area contributed by atoms with E-state index in [2.05, 4.69) is 11.9 Å². The van der Waals surface area contributed by atoms with Gasteiger partial charge in [0.15, 0.2) is 5.58 Å². The van der Waals surface area contributed by atoms with Crippen molar-refractivity contribution >= 4 is 17.0 Å². The Morgan fingerprint density at radius 3 is 2.66 bits per heavy atom. The molecular weight excluding hydrogens is 446 g/mol. The van der Waals surface area contributed by atoms with Gasteiger partial charge in [0.1, 0.15) is 23.2 Å². The lowest BCUT2D eigenvalue weighted by molar-refractivity contribution is 0.0717. The lowest BCUT2D eigenvalue weighted by atomic mass is 10.0. The van der Waals surface area contributed by atoms with Crippen molar-refractivity contribution < 1.29 is 18.0 Å². The van der Waals surface area contributed by atoms with E-state index in [1.54, 1.807) is 18.2 Å². The standard InChI is InChI=1S/C29H28F2N2O2/c1-2-3-4-6-19-8-10-20(11-9-19)29(34)33-16-5-7-26(33)28-32-25-17-21(12-15-27(25)35-28)23-14-13-22(30)18-24(23)31/h8-15,17-18,26H,2-7,16H2,1H3/t26-/m0/s1. The molecule has 1 fully saturated rings. The van der Waals surface area contributed by atoms with Crippen molar-refractivity contribution in [2.75, 3.05) is 6.54 Å². The predicted octanol–water partition coefficient (Wildman–Crippen LogP) is 7.48. The van der Waals surface area contributed by atoms with Crippen LogP contribution in [0.2, 0.25) is 0 Å². The van der Waals surface area contributed by atoms with Crippen LogP contribution in [0, 0.1) is 11.6 Å². The molecule has 35 heavy (non-hydrogen) atoms. The molecule has 0 aliphatic carbocycles. The molecule has 5 rings (SSSR count). The first kappa shape index (κ1) is 23.2. The highest BCUT2D eigenvalue weighted by Gasteiger charge is 2.34. The van der Waals surface area contributed by atoms with Gasteiger partial charge in [-0.15, -0.1) is 0 Å². The fourth-order valence-electron chi connectivity index (χ4n) is 4.80. The smallest absolute Gasteiger partial charge is 0.254 e. The maximum Gasteiger partial charge on any atom is 0.254 e. The van der Waals surface area contributed by atoms with E-state index in [0.717, 1.165) is 31.7 Å². The summed E-state index contributed by atoms with van der Waals surface area (Å²) in [6, 6.07) is 16.4. The van der Waals surface area contributed by atoms with Crippen LogP contribution in [-0.2, 0) is 6.42 Å². The van der Waals surface area contributed by atoms with Gasteiger partial charge in [-0.05, 0) is 73.2 Å². The second kappa shape index (κ2) is 9.98. The maximum absolute atomic E-state index is 14.3. The van der Waals surface area contributed by atoms with E-state index in [1.165, 1.54) is 30.5 Å². The van der Waals surface area contributed by atoms with Gasteiger partial charge in [0.2, 0.25) is 5.89 Å². The van der Waals surface area contributed by atoms with E-state index in [9.17, 15) is 13.6 Å². The average molecular weight is 475 g/mol. The largest absolute Gasteiger partial charge is 0.438 e. The number of fused-ring (bicyclic) bond motifs is 1. The molecule has 2 heterocycles. The fourth-order valence-corrected chi connectivity index (χ4v) is 4.80. The van der Waals surface area contributed by atoms with E-state index in [0.29, 0.717) is 40.2 Å². The molecular formula is C29H28F2N2O2. The lowest BCUT2D eigenvalue weighted by Gasteiger charge is -2.22. The van der Waals surface area contributed by atoms with Gasteiger partial charge in [-0.3, -0.25) is 4.79 Å². The minimum atomic E-state index is -0.628. The zero-order valence-corrected chi connectivity index (χ0v) is 19.8. The van der Waals surface area contributed by atoms with E-state index in [-0.39, 0.29) is 11.9 Å². The molecule has 1 atom stereocenters. The Bertz CT molecular complexity index is 1350. The highest BCUT2D eigenvalue weighted by Crippen LogP contribution is 2.35. The molecule has 0 saturated carbocycles. The molecule has 1 aliphatic heterocycles. The van der Waals surface area contributed by atoms with Crippen LogP contribution in [0.3, 0.4) is 0 Å². The lowest BCUT2D eigenvalue weighted by Crippen LogP contribution is -2.30. The molecule has 0 spiro atoms. The molecule has 0 bridgehead atoms. The molecule has 3 aromatic carbocycles. The van der Waals surface area contributed by atoms with Crippen LogP contribution in [-0.4, -0.2) is 22.3 Å². The van der Waals surface area contributed by atoms with E-state index >= 15 is 0 Å². The molecule has 1 aromatic heterocycles. The maximum atomic E-state index is 14.3. The van der Waals surface area contributed by atoms with Crippen molar-refractivity contribution in [2.45, 2.75) is 51.5 Å². The number of aromatic nitrogens is 1. The Labute approximate surface area is 203 Å². The fraction of sp³-hybridized carbons (Fsp3) is 0.310. The van der Waals surface area contributed by atoms with Crippen LogP contribution in [0.15, 0.2) is 65.1 Å². The quantitative estimate of drug-likeness (QED) is 0.261. The number of hydrogen-bond acceptors (Lipinski definition) is 3. The highest BCUT2D eigenvalue weighted by atomic mass is 19.1. The van der Waals surface area contributed by atoms with Crippen LogP contribution >= 0.6 is 0 Å². The number of halogens is 2. The minimum Gasteiger partial charge on any atom is -0.438 e. The number of unbranched alkanes of at least 4 members (excludes halogenated alkanes) is 2. The first-order valence-corrected chi connectivity index (χ1v) is 12.3. The van der Waals surface area contributed by atoms with Crippen molar-refractivity contribution in [3.63, 3.8) is 0 Å². The first-order chi connectivity index (χ1) is 17.0. The molecule has 1 saturated heterocycles. The average Bonchev–Trinajstić information content (AvgIpc) is 3.51. The van der Waals surface area contributed by atoms with Gasteiger partial charge < -0.3 is 9.32 Å². The number of carbonyl (C=O) groups excluding carboxylic acids is 1. The van der Waals surface area contributed by atoms with Crippen molar-refractivity contribution in [2.24, 2.45) is 0 Å². The molecule has 0 radical (unpaired) electrons. The summed E-state index contributed by atoms with van der Waals surface area (Å²) in [5.41, 5.74) is 3.96. The van der Waals surface area contributed by atoms with Gasteiger partial charge in [0, 0.05) is 23.7 Å². The van der Waals surface area contributed by atoms with Crippen LogP contribution in [0.5, 0.6) is 0 Å². The van der Waals surface area contributed by atoms with Crippen LogP contribution in [0.1, 0.15) is 66.9 Å². The normalized spacial score (nSPS) is 15.7. The monoisotopic (exact) mass is 474 g/mol. The van der Waals surface area contributed by atoms with Gasteiger partial charge in [0.25, 0.3) is 5.91 Å². The number of benzene rings is 3. The highest BCUT2D eigenvalue weighted by molar-refractivity contribution is 5.94. The molecule has 6 heteroatoms. The number of carbonyl (C=O) groups is 1. The zero-order valence-electron chi connectivity index (χ0n) is 19.8. The molecule has 1 aliphatic rings. The number of likely N-dealkylation sites (tertiary alicyclic amines) is 1. The molecule has 0 N–H and O–H groups in total. The summed E-state index contributed by atoms with van der Waals surface area (Å²) < 4.78 is 33.6. The number of hydrogen-bond donors (Lipinski definition) is 0. The third-order valence-electron chi connectivity index (χ3n) is 6.71. The zero-order chi connectivity index (χ0) is 24.4. The molecule has 0 unspecified atom stereocenters. The number of rotatable bonds is 7. The van der Waals surface area contributed by atoms with Crippen molar-refractivity contribution in [1.29, 1.82) is 0 Å². The van der Waals surface area contributed by atoms with Crippen LogP contribution in [0.4, 0.5) is 8.78 Å². The summed E-state index contributed by atoms with van der Waals surface area (Å²) in [6.07, 6.45) is 6.23. The topological polar surface area (TPSA) is 46.3 Å². The van der Waals surface area contributed by atoms with Gasteiger partial charge >= 0.3 is 0 Å². The van der Waals surface area contributed by atoms with E-state index < -0.39 is 11.6 Å². The molecule has 4 nitrogen and oxygen atoms in total. The molecule has 4 aromatic rings. The summed E-state index contributed by atoms with van der Waals surface area (Å²) in [5, 5.41) is 0. The number of nitrogens with zero attached hydrogens (tertiary/aromatic N) is 2. The Morgan fingerprint density at radius 1 is 1.06 bits per heavy atom.